The summed E-state index contributed by atoms with van der Waals surface area (Å²) < 4.78 is 34.1. The molecule has 0 aliphatic rings. The van der Waals surface area contributed by atoms with Crippen LogP contribution in [-0.2, 0) is 27.2 Å². The van der Waals surface area contributed by atoms with Gasteiger partial charge in [-0.2, -0.15) is 0 Å². The molecule has 0 amide bonds. The van der Waals surface area contributed by atoms with Gasteiger partial charge in [0, 0.05) is 10.4 Å². The molecule has 0 rings (SSSR count). The van der Waals surface area contributed by atoms with E-state index in [0.29, 0.717) is 0 Å². The minimum atomic E-state index is -5.17. The fraction of sp³-hybridized carbons (Fsp3) is 0. The van der Waals surface area contributed by atoms with Crippen LogP contribution in [0, 0.1) is 0 Å². The molecule has 0 atom stereocenters. The standard InChI is InChI=1S/Co.2H3N.H2O4S/c;;;1-5(2,3)4/h;2*1H3;(H2,1,2,3,4)/q+2;;;/p-2. The van der Waals surface area contributed by atoms with Crippen molar-refractivity contribution in [2.24, 2.45) is 0 Å². The van der Waals surface area contributed by atoms with E-state index in [1.807, 2.05) is 0 Å². The first-order valence-electron chi connectivity index (χ1n) is 0.667. The zero-order chi connectivity index (χ0) is 4.50. The van der Waals surface area contributed by atoms with Crippen LogP contribution in [0.4, 0.5) is 0 Å². The summed E-state index contributed by atoms with van der Waals surface area (Å²) in [6.45, 7) is 0. The van der Waals surface area contributed by atoms with Crippen molar-refractivity contribution in [3.8, 4) is 0 Å². The van der Waals surface area contributed by atoms with Crippen LogP contribution in [0.25, 0.3) is 0 Å². The van der Waals surface area contributed by atoms with Gasteiger partial charge in [0.25, 0.3) is 0 Å². The van der Waals surface area contributed by atoms with Gasteiger partial charge in [0.2, 0.25) is 0 Å². The van der Waals surface area contributed by atoms with E-state index in [-0.39, 0.29) is 29.1 Å². The van der Waals surface area contributed by atoms with Crippen LogP contribution in [0.1, 0.15) is 0 Å². The zero-order valence-electron chi connectivity index (χ0n) is 3.79. The van der Waals surface area contributed by atoms with Crippen LogP contribution in [0.2, 0.25) is 0 Å². The summed E-state index contributed by atoms with van der Waals surface area (Å²) in [5.74, 6) is 0. The van der Waals surface area contributed by atoms with E-state index in [9.17, 15) is 0 Å². The molecule has 8 heteroatoms. The number of rotatable bonds is 0. The maximum atomic E-state index is 8.52. The monoisotopic (exact) mass is 189 g/mol. The number of hydrogen-bond donors (Lipinski definition) is 2. The Labute approximate surface area is 57.6 Å². The SMILES string of the molecule is N.N.O=S(=O)([O-])[O-].[Co+2]. The Morgan fingerprint density at radius 3 is 1.00 bits per heavy atom. The van der Waals surface area contributed by atoms with Gasteiger partial charge in [-0.1, -0.05) is 0 Å². The Morgan fingerprint density at radius 2 is 1.00 bits per heavy atom. The third kappa shape index (κ3) is 2010. The predicted molar refractivity (Wildman–Crippen MR) is 20.5 cm³/mol. The van der Waals surface area contributed by atoms with Gasteiger partial charge in [0.15, 0.2) is 0 Å². The molecule has 0 saturated heterocycles. The first-order valence-corrected chi connectivity index (χ1v) is 2.00. The largest absolute Gasteiger partial charge is 2.00 e. The normalized spacial score (nSPS) is 7.25. The van der Waals surface area contributed by atoms with E-state index in [2.05, 4.69) is 0 Å². The molecular weight excluding hydrogens is 183 g/mol. The van der Waals surface area contributed by atoms with E-state index in [0.717, 1.165) is 0 Å². The summed E-state index contributed by atoms with van der Waals surface area (Å²) in [6, 6.07) is 0. The van der Waals surface area contributed by atoms with Crippen molar-refractivity contribution >= 4 is 10.4 Å². The average molecular weight is 189 g/mol. The van der Waals surface area contributed by atoms with Gasteiger partial charge in [-0.25, -0.2) is 0 Å². The number of hydrogen-bond acceptors (Lipinski definition) is 6. The van der Waals surface area contributed by atoms with Gasteiger partial charge >= 0.3 is 16.8 Å². The van der Waals surface area contributed by atoms with Crippen molar-refractivity contribution in [1.29, 1.82) is 0 Å². The molecule has 55 valence electrons. The van der Waals surface area contributed by atoms with Crippen molar-refractivity contribution in [1.82, 2.24) is 12.3 Å². The van der Waals surface area contributed by atoms with Gasteiger partial charge in [-0.15, -0.1) is 0 Å². The summed E-state index contributed by atoms with van der Waals surface area (Å²) in [5.41, 5.74) is 0. The zero-order valence-corrected chi connectivity index (χ0v) is 5.65. The van der Waals surface area contributed by atoms with E-state index in [4.69, 9.17) is 17.5 Å². The topological polar surface area (TPSA) is 150 Å². The minimum Gasteiger partial charge on any atom is -0.759 e. The molecule has 6 nitrogen and oxygen atoms in total. The Bertz CT molecular complexity index is 97.2. The van der Waals surface area contributed by atoms with Gasteiger partial charge in [0.1, 0.15) is 0 Å². The second-order valence-electron chi connectivity index (χ2n) is 0.408. The molecule has 0 aliphatic carbocycles. The van der Waals surface area contributed by atoms with Gasteiger partial charge < -0.3 is 21.4 Å². The van der Waals surface area contributed by atoms with E-state index < -0.39 is 10.4 Å². The third-order valence-corrected chi connectivity index (χ3v) is 0. The maximum absolute atomic E-state index is 8.52. The average Bonchev–Trinajstić information content (AvgIpc) is 0.722. The second-order valence-corrected chi connectivity index (χ2v) is 1.22. The van der Waals surface area contributed by atoms with Crippen molar-refractivity contribution < 1.29 is 34.3 Å². The molecule has 0 aromatic rings. The molecule has 0 aromatic carbocycles. The quantitative estimate of drug-likeness (QED) is 0.367. The van der Waals surface area contributed by atoms with Crippen LogP contribution in [-0.4, -0.2) is 17.5 Å². The molecule has 0 heterocycles. The van der Waals surface area contributed by atoms with E-state index in [1.54, 1.807) is 0 Å². The molecule has 1 radical (unpaired) electrons. The van der Waals surface area contributed by atoms with Gasteiger partial charge in [-0.3, -0.25) is 8.42 Å². The first kappa shape index (κ1) is 23.9. The Balaban J connectivity index is -0.0000000267. The summed E-state index contributed by atoms with van der Waals surface area (Å²) in [7, 11) is -5.17. The predicted octanol–water partition coefficient (Wildman–Crippen LogP) is -1.02. The Kier molecular flexibility index (Phi) is 21.8. The Morgan fingerprint density at radius 1 is 1.00 bits per heavy atom. The molecule has 0 spiro atoms. The van der Waals surface area contributed by atoms with Crippen molar-refractivity contribution in [2.45, 2.75) is 0 Å². The molecule has 0 aliphatic heterocycles. The summed E-state index contributed by atoms with van der Waals surface area (Å²) in [4.78, 5) is 0. The molecular formula is H6CoN2O4S. The van der Waals surface area contributed by atoms with E-state index in [1.165, 1.54) is 0 Å². The van der Waals surface area contributed by atoms with Crippen molar-refractivity contribution in [2.75, 3.05) is 0 Å². The van der Waals surface area contributed by atoms with Crippen molar-refractivity contribution in [3.05, 3.63) is 0 Å². The molecule has 0 saturated carbocycles. The molecule has 6 N–H and O–H groups in total. The fourth-order valence-electron chi connectivity index (χ4n) is 0. The molecule has 0 unspecified atom stereocenters. The minimum absolute atomic E-state index is 0. The van der Waals surface area contributed by atoms with Gasteiger partial charge in [-0.05, 0) is 0 Å². The van der Waals surface area contributed by atoms with Crippen LogP contribution in [0.5, 0.6) is 0 Å². The first-order chi connectivity index (χ1) is 2.00. The summed E-state index contributed by atoms with van der Waals surface area (Å²) >= 11 is 0. The van der Waals surface area contributed by atoms with E-state index >= 15 is 0 Å². The summed E-state index contributed by atoms with van der Waals surface area (Å²) in [5, 5.41) is 0. The van der Waals surface area contributed by atoms with Crippen LogP contribution in [0.15, 0.2) is 0 Å². The van der Waals surface area contributed by atoms with Crippen molar-refractivity contribution in [3.63, 3.8) is 0 Å². The molecule has 8 heavy (non-hydrogen) atoms. The molecule has 0 aromatic heterocycles. The third-order valence-electron chi connectivity index (χ3n) is 0. The second kappa shape index (κ2) is 7.30. The fourth-order valence-corrected chi connectivity index (χ4v) is 0. The maximum Gasteiger partial charge on any atom is 2.00 e. The van der Waals surface area contributed by atoms with Crippen LogP contribution < -0.4 is 12.3 Å². The van der Waals surface area contributed by atoms with Crippen LogP contribution >= 0.6 is 0 Å². The molecule has 0 bridgehead atoms. The molecule has 0 fully saturated rings. The smallest absolute Gasteiger partial charge is 0.759 e. The summed E-state index contributed by atoms with van der Waals surface area (Å²) in [6.07, 6.45) is 0. The van der Waals surface area contributed by atoms with Gasteiger partial charge in [0.05, 0.1) is 0 Å². The van der Waals surface area contributed by atoms with Crippen LogP contribution in [0.3, 0.4) is 0 Å². The Hall–Kier alpha value is 0.296.